The number of nitrogens with one attached hydrogen (secondary N) is 1. The smallest absolute Gasteiger partial charge is 0.325 e. The zero-order valence-corrected chi connectivity index (χ0v) is 31.0. The second kappa shape index (κ2) is 35.2. The van der Waals surface area contributed by atoms with Crippen LogP contribution in [0.1, 0.15) is 212 Å². The second-order valence-corrected chi connectivity index (χ2v) is 16.2. The van der Waals surface area contributed by atoms with Crippen LogP contribution in [0, 0.1) is 0 Å². The summed E-state index contributed by atoms with van der Waals surface area (Å²) in [6, 6.07) is 0. The van der Waals surface area contributed by atoms with E-state index in [4.69, 9.17) is 22.0 Å². The molecule has 43 heavy (non-hydrogen) atoms. The monoisotopic (exact) mass is 663 g/mol. The van der Waals surface area contributed by atoms with Crippen molar-refractivity contribution in [1.82, 2.24) is 5.32 Å². The van der Waals surface area contributed by atoms with Crippen LogP contribution in [0.15, 0.2) is 0 Å². The van der Waals surface area contributed by atoms with Crippen LogP contribution in [0.25, 0.3) is 0 Å². The maximum atomic E-state index is 10.8. The molecule has 258 valence electrons. The Bertz CT molecular complexity index is 617. The van der Waals surface area contributed by atoms with Crippen LogP contribution < -0.4 is 5.32 Å². The van der Waals surface area contributed by atoms with E-state index in [1.807, 2.05) is 0 Å². The van der Waals surface area contributed by atoms with Gasteiger partial charge in [-0.3, -0.25) is 4.57 Å². The van der Waals surface area contributed by atoms with Gasteiger partial charge in [-0.25, -0.2) is 0 Å². The molecule has 0 aliphatic heterocycles. The predicted octanol–water partition coefficient (Wildman–Crippen LogP) is 12.8. The Morgan fingerprint density at radius 1 is 0.419 bits per heavy atom. The van der Waals surface area contributed by atoms with Gasteiger partial charge in [-0.05, 0) is 12.8 Å². The Morgan fingerprint density at radius 3 is 0.791 bits per heavy atom. The van der Waals surface area contributed by atoms with Crippen molar-refractivity contribution in [3.05, 3.63) is 0 Å². The average Bonchev–Trinajstić information content (AvgIpc) is 2.96. The number of hydrogen-bond acceptors (Lipinski definition) is 2. The van der Waals surface area contributed by atoms with Crippen molar-refractivity contribution in [2.24, 2.45) is 0 Å². The van der Waals surface area contributed by atoms with E-state index >= 15 is 0 Å². The first kappa shape index (κ1) is 43.4. The fraction of sp³-hybridized carbons (Fsp3) is 0.972. The van der Waals surface area contributed by atoms with E-state index in [-0.39, 0.29) is 6.16 Å². The molecule has 4 nitrogen and oxygen atoms in total. The van der Waals surface area contributed by atoms with Gasteiger partial charge >= 0.3 is 7.60 Å². The Labute approximate surface area is 280 Å². The fourth-order valence-electron chi connectivity index (χ4n) is 6.12. The molecule has 0 aromatic rings. The Hall–Kier alpha value is 0.390. The van der Waals surface area contributed by atoms with Gasteiger partial charge in [-0.2, -0.15) is 0 Å². The number of thiol groups is 1. The summed E-state index contributed by atoms with van der Waals surface area (Å²) in [6.07, 6.45) is 44.9. The molecule has 0 unspecified atom stereocenters. The van der Waals surface area contributed by atoms with Crippen LogP contribution in [0.5, 0.6) is 0 Å². The molecule has 0 spiro atoms. The third-order valence-corrected chi connectivity index (χ3v) is 10.1. The van der Waals surface area contributed by atoms with Crippen molar-refractivity contribution in [1.29, 1.82) is 0 Å². The van der Waals surface area contributed by atoms with Gasteiger partial charge in [0.25, 0.3) is 0 Å². The molecular weight excluding hydrogens is 590 g/mol. The number of hydrogen-bond donors (Lipinski definition) is 4. The lowest BCUT2D eigenvalue weighted by molar-refractivity contribution is 0.370. The SMILES string of the molecule is O=P(O)(O)CCCCCCCCCCCCCCCCCCCCCCCCCCCCCCCCCCCNC(=S)S. The van der Waals surface area contributed by atoms with Crippen LogP contribution in [-0.2, 0) is 4.57 Å². The first-order valence-electron chi connectivity index (χ1n) is 18.9. The highest BCUT2D eigenvalue weighted by molar-refractivity contribution is 8.11. The van der Waals surface area contributed by atoms with Crippen molar-refractivity contribution in [2.45, 2.75) is 212 Å². The quantitative estimate of drug-likeness (QED) is 0.0232. The molecule has 7 heteroatoms. The summed E-state index contributed by atoms with van der Waals surface area (Å²) >= 11 is 8.98. The summed E-state index contributed by atoms with van der Waals surface area (Å²) < 4.78 is 11.4. The Morgan fingerprint density at radius 2 is 0.605 bits per heavy atom. The number of unbranched alkanes of at least 4 members (excludes halogenated alkanes) is 32. The molecule has 0 atom stereocenters. The standard InChI is InChI=1S/C36H74NO3PS2/c38-41(39,40)35-33-31-29-27-25-23-21-19-17-15-13-11-9-7-5-3-1-2-4-6-8-10-12-14-16-18-20-22-24-26-28-30-32-34-37-36(42)43/h1-35H2,(H2,37,42,43)(H2,38,39,40). The zero-order valence-electron chi connectivity index (χ0n) is 28.4. The van der Waals surface area contributed by atoms with E-state index < -0.39 is 7.60 Å². The molecule has 0 aliphatic carbocycles. The number of thiocarbonyl (C=S) groups is 1. The normalized spacial score (nSPS) is 11.8. The third-order valence-electron chi connectivity index (χ3n) is 8.90. The summed E-state index contributed by atoms with van der Waals surface area (Å²) in [5.41, 5.74) is 0. The van der Waals surface area contributed by atoms with Gasteiger partial charge < -0.3 is 15.1 Å². The van der Waals surface area contributed by atoms with Gasteiger partial charge in [-0.1, -0.05) is 211 Å². The van der Waals surface area contributed by atoms with Crippen LogP contribution in [0.4, 0.5) is 0 Å². The molecular formula is C36H74NO3PS2. The van der Waals surface area contributed by atoms with Crippen LogP contribution in [0.2, 0.25) is 0 Å². The van der Waals surface area contributed by atoms with E-state index in [0.717, 1.165) is 19.4 Å². The van der Waals surface area contributed by atoms with E-state index in [1.54, 1.807) is 0 Å². The molecule has 0 amide bonds. The molecule has 0 rings (SSSR count). The first-order valence-corrected chi connectivity index (χ1v) is 21.6. The summed E-state index contributed by atoms with van der Waals surface area (Å²) in [5, 5.41) is 3.11. The number of rotatable bonds is 36. The molecule has 3 N–H and O–H groups in total. The molecule has 0 bridgehead atoms. The first-order chi connectivity index (χ1) is 20.9. The molecule has 0 aromatic heterocycles. The van der Waals surface area contributed by atoms with E-state index in [0.29, 0.717) is 10.7 Å². The lowest BCUT2D eigenvalue weighted by atomic mass is 10.0. The minimum Gasteiger partial charge on any atom is -0.371 e. The summed E-state index contributed by atoms with van der Waals surface area (Å²) in [6.45, 7) is 0.978. The van der Waals surface area contributed by atoms with Crippen molar-refractivity contribution < 1.29 is 14.4 Å². The van der Waals surface area contributed by atoms with Gasteiger partial charge in [0.1, 0.15) is 4.32 Å². The van der Waals surface area contributed by atoms with Gasteiger partial charge in [0.2, 0.25) is 0 Å². The highest BCUT2D eigenvalue weighted by atomic mass is 32.1. The predicted molar refractivity (Wildman–Crippen MR) is 199 cm³/mol. The van der Waals surface area contributed by atoms with Crippen LogP contribution in [0.3, 0.4) is 0 Å². The molecule has 0 saturated carbocycles. The van der Waals surface area contributed by atoms with E-state index in [2.05, 4.69) is 17.9 Å². The van der Waals surface area contributed by atoms with Crippen molar-refractivity contribution in [2.75, 3.05) is 12.7 Å². The summed E-state index contributed by atoms with van der Waals surface area (Å²) in [4.78, 5) is 17.7. The molecule has 0 heterocycles. The lowest BCUT2D eigenvalue weighted by Crippen LogP contribution is -2.17. The minimum absolute atomic E-state index is 0.0589. The van der Waals surface area contributed by atoms with Gasteiger partial charge in [0.05, 0.1) is 0 Å². The van der Waals surface area contributed by atoms with Crippen molar-refractivity contribution >= 4 is 36.8 Å². The molecule has 0 radical (unpaired) electrons. The summed E-state index contributed by atoms with van der Waals surface area (Å²) in [7, 11) is -3.77. The van der Waals surface area contributed by atoms with Gasteiger partial charge in [0, 0.05) is 12.7 Å². The van der Waals surface area contributed by atoms with Crippen LogP contribution in [-0.4, -0.2) is 26.8 Å². The highest BCUT2D eigenvalue weighted by Gasteiger charge is 2.10. The molecule has 0 saturated heterocycles. The van der Waals surface area contributed by atoms with E-state index in [1.165, 1.54) is 193 Å². The largest absolute Gasteiger partial charge is 0.371 e. The minimum atomic E-state index is -3.77. The summed E-state index contributed by atoms with van der Waals surface area (Å²) in [5.74, 6) is 0. The highest BCUT2D eigenvalue weighted by Crippen LogP contribution is 2.35. The van der Waals surface area contributed by atoms with Gasteiger partial charge in [0.15, 0.2) is 0 Å². The average molecular weight is 664 g/mol. The Balaban J connectivity index is 3.06. The maximum Gasteiger partial charge on any atom is 0.325 e. The van der Waals surface area contributed by atoms with Crippen molar-refractivity contribution in [3.63, 3.8) is 0 Å². The maximum absolute atomic E-state index is 10.8. The third kappa shape index (κ3) is 42.4. The zero-order chi connectivity index (χ0) is 31.5. The second-order valence-electron chi connectivity index (χ2n) is 13.3. The van der Waals surface area contributed by atoms with Crippen LogP contribution >= 0.6 is 32.4 Å². The molecule has 0 fully saturated rings. The molecule has 0 aliphatic rings. The van der Waals surface area contributed by atoms with E-state index in [9.17, 15) is 4.57 Å². The lowest BCUT2D eigenvalue weighted by Gasteiger charge is -2.05. The Kier molecular flexibility index (Phi) is 35.6. The fourth-order valence-corrected chi connectivity index (χ4v) is 6.97. The van der Waals surface area contributed by atoms with Gasteiger partial charge in [-0.15, -0.1) is 12.6 Å². The van der Waals surface area contributed by atoms with Crippen molar-refractivity contribution in [3.8, 4) is 0 Å². The topological polar surface area (TPSA) is 69.6 Å². The molecule has 0 aromatic carbocycles.